The van der Waals surface area contributed by atoms with Crippen LogP contribution >= 0.6 is 11.8 Å². The second kappa shape index (κ2) is 7.50. The molecule has 1 atom stereocenters. The number of esters is 1. The first kappa shape index (κ1) is 18.9. The average Bonchev–Trinajstić information content (AvgIpc) is 2.65. The van der Waals surface area contributed by atoms with E-state index in [1.165, 1.54) is 24.2 Å². The van der Waals surface area contributed by atoms with Crippen molar-refractivity contribution >= 4 is 23.6 Å². The van der Waals surface area contributed by atoms with Crippen molar-refractivity contribution in [1.29, 1.82) is 0 Å². The van der Waals surface area contributed by atoms with Crippen LogP contribution < -0.4 is 5.32 Å². The fourth-order valence-electron chi connectivity index (χ4n) is 5.80. The van der Waals surface area contributed by atoms with Gasteiger partial charge in [-0.05, 0) is 87.2 Å². The van der Waals surface area contributed by atoms with Crippen molar-refractivity contribution in [3.63, 3.8) is 0 Å². The number of nitrogens with one attached hydrogen (secondary N) is 1. The minimum atomic E-state index is -0.601. The molecular formula is C22H29NO3S. The van der Waals surface area contributed by atoms with Crippen molar-refractivity contribution in [3.05, 3.63) is 29.8 Å². The molecule has 4 aliphatic carbocycles. The molecule has 0 spiro atoms. The first-order chi connectivity index (χ1) is 13.0. The molecule has 1 N–H and O–H groups in total. The molecule has 0 aromatic heterocycles. The molecule has 0 unspecified atom stereocenters. The van der Waals surface area contributed by atoms with Gasteiger partial charge in [-0.25, -0.2) is 4.79 Å². The standard InChI is InChI=1S/C22H29NO3S/c1-14(20(24)26-13-15-3-5-19(27-2)6-4-15)23-21(25)22-10-16-7-17(11-22)9-18(8-16)12-22/h3-6,14,16-18H,7-13H2,1-2H3,(H,23,25)/t14-,16?,17?,18?,22?/m0/s1. The van der Waals surface area contributed by atoms with E-state index in [1.54, 1.807) is 18.7 Å². The molecule has 4 fully saturated rings. The number of rotatable bonds is 6. The predicted octanol–water partition coefficient (Wildman–Crippen LogP) is 4.17. The monoisotopic (exact) mass is 387 g/mol. The third-order valence-electron chi connectivity index (χ3n) is 6.76. The van der Waals surface area contributed by atoms with Crippen LogP contribution in [0.15, 0.2) is 29.2 Å². The lowest BCUT2D eigenvalue weighted by molar-refractivity contribution is -0.154. The van der Waals surface area contributed by atoms with Gasteiger partial charge in [-0.1, -0.05) is 12.1 Å². The Hall–Kier alpha value is -1.49. The highest BCUT2D eigenvalue weighted by molar-refractivity contribution is 7.98. The first-order valence-electron chi connectivity index (χ1n) is 10.1. The summed E-state index contributed by atoms with van der Waals surface area (Å²) in [4.78, 5) is 26.6. The van der Waals surface area contributed by atoms with Crippen LogP contribution in [0.4, 0.5) is 0 Å². The number of hydrogen-bond acceptors (Lipinski definition) is 4. The van der Waals surface area contributed by atoms with Gasteiger partial charge in [0, 0.05) is 10.3 Å². The van der Waals surface area contributed by atoms with Gasteiger partial charge in [-0.3, -0.25) is 4.79 Å². The minimum Gasteiger partial charge on any atom is -0.459 e. The average molecular weight is 388 g/mol. The Labute approximate surface area is 165 Å². The third kappa shape index (κ3) is 3.89. The van der Waals surface area contributed by atoms with Crippen LogP contribution in [0, 0.1) is 23.2 Å². The zero-order valence-corrected chi connectivity index (χ0v) is 17.0. The van der Waals surface area contributed by atoms with E-state index < -0.39 is 6.04 Å². The largest absolute Gasteiger partial charge is 0.459 e. The molecule has 4 saturated carbocycles. The van der Waals surface area contributed by atoms with Gasteiger partial charge < -0.3 is 10.1 Å². The summed E-state index contributed by atoms with van der Waals surface area (Å²) in [5, 5.41) is 2.97. The lowest BCUT2D eigenvalue weighted by Crippen LogP contribution is -2.55. The Kier molecular flexibility index (Phi) is 5.23. The van der Waals surface area contributed by atoms with Crippen LogP contribution in [0.3, 0.4) is 0 Å². The van der Waals surface area contributed by atoms with Crippen molar-refractivity contribution in [2.24, 2.45) is 23.2 Å². The quantitative estimate of drug-likeness (QED) is 0.588. The number of carbonyl (C=O) groups is 2. The van der Waals surface area contributed by atoms with Crippen LogP contribution in [0.25, 0.3) is 0 Å². The van der Waals surface area contributed by atoms with E-state index in [9.17, 15) is 9.59 Å². The Morgan fingerprint density at radius 3 is 2.19 bits per heavy atom. The highest BCUT2D eigenvalue weighted by atomic mass is 32.2. The van der Waals surface area contributed by atoms with Gasteiger partial charge in [-0.2, -0.15) is 0 Å². The summed E-state index contributed by atoms with van der Waals surface area (Å²) in [6.45, 7) is 1.97. The van der Waals surface area contributed by atoms with Crippen molar-refractivity contribution < 1.29 is 14.3 Å². The maximum Gasteiger partial charge on any atom is 0.328 e. The number of benzene rings is 1. The molecule has 0 aliphatic heterocycles. The van der Waals surface area contributed by atoms with Crippen LogP contribution in [0.5, 0.6) is 0 Å². The molecule has 146 valence electrons. The van der Waals surface area contributed by atoms with Crippen molar-refractivity contribution in [3.8, 4) is 0 Å². The summed E-state index contributed by atoms with van der Waals surface area (Å²) in [5.41, 5.74) is 0.734. The van der Waals surface area contributed by atoms with E-state index in [1.807, 2.05) is 30.5 Å². The molecule has 5 rings (SSSR count). The van der Waals surface area contributed by atoms with Crippen LogP contribution in [0.2, 0.25) is 0 Å². The molecule has 1 aromatic rings. The number of amides is 1. The SMILES string of the molecule is CSc1ccc(COC(=O)[C@H](C)NC(=O)C23CC4CC(CC(C4)C2)C3)cc1. The molecule has 0 radical (unpaired) electrons. The maximum absolute atomic E-state index is 13.0. The normalized spacial score (nSPS) is 32.1. The highest BCUT2D eigenvalue weighted by Gasteiger charge is 2.54. The van der Waals surface area contributed by atoms with Crippen molar-refractivity contribution in [2.45, 2.75) is 63.0 Å². The van der Waals surface area contributed by atoms with E-state index in [0.717, 1.165) is 24.8 Å². The zero-order valence-electron chi connectivity index (χ0n) is 16.2. The Morgan fingerprint density at radius 1 is 1.11 bits per heavy atom. The van der Waals surface area contributed by atoms with Gasteiger partial charge in [-0.15, -0.1) is 11.8 Å². The first-order valence-corrected chi connectivity index (χ1v) is 11.3. The van der Waals surface area contributed by atoms with Gasteiger partial charge in [0.15, 0.2) is 0 Å². The lowest BCUT2D eigenvalue weighted by atomic mass is 9.49. The Morgan fingerprint density at radius 2 is 1.67 bits per heavy atom. The molecule has 27 heavy (non-hydrogen) atoms. The smallest absolute Gasteiger partial charge is 0.328 e. The van der Waals surface area contributed by atoms with Crippen molar-refractivity contribution in [2.75, 3.05) is 6.26 Å². The number of hydrogen-bond donors (Lipinski definition) is 1. The summed E-state index contributed by atoms with van der Waals surface area (Å²) in [6.07, 6.45) is 8.97. The fourth-order valence-corrected chi connectivity index (χ4v) is 6.21. The lowest BCUT2D eigenvalue weighted by Gasteiger charge is -2.55. The van der Waals surface area contributed by atoms with E-state index in [4.69, 9.17) is 4.74 Å². The summed E-state index contributed by atoms with van der Waals surface area (Å²) < 4.78 is 5.42. The van der Waals surface area contributed by atoms with Crippen LogP contribution in [0.1, 0.15) is 51.0 Å². The number of thioether (sulfide) groups is 1. The topological polar surface area (TPSA) is 55.4 Å². The molecule has 4 aliphatic rings. The molecule has 4 nitrogen and oxygen atoms in total. The Balaban J connectivity index is 1.31. The molecule has 0 heterocycles. The van der Waals surface area contributed by atoms with Gasteiger partial charge in [0.2, 0.25) is 5.91 Å². The minimum absolute atomic E-state index is 0.0790. The van der Waals surface area contributed by atoms with Gasteiger partial charge >= 0.3 is 5.97 Å². The van der Waals surface area contributed by atoms with Gasteiger partial charge in [0.1, 0.15) is 12.6 Å². The number of carbonyl (C=O) groups excluding carboxylic acids is 2. The molecular weight excluding hydrogens is 358 g/mol. The van der Waals surface area contributed by atoms with Crippen LogP contribution in [-0.4, -0.2) is 24.2 Å². The maximum atomic E-state index is 13.0. The van der Waals surface area contributed by atoms with E-state index in [-0.39, 0.29) is 23.9 Å². The van der Waals surface area contributed by atoms with Crippen LogP contribution in [-0.2, 0) is 20.9 Å². The second-order valence-electron chi connectivity index (χ2n) is 8.85. The fraction of sp³-hybridized carbons (Fsp3) is 0.636. The van der Waals surface area contributed by atoms with E-state index in [0.29, 0.717) is 17.8 Å². The zero-order chi connectivity index (χ0) is 19.0. The van der Waals surface area contributed by atoms with Crippen molar-refractivity contribution in [1.82, 2.24) is 5.32 Å². The Bertz CT molecular complexity index is 679. The summed E-state index contributed by atoms with van der Waals surface area (Å²) >= 11 is 1.68. The molecule has 1 aromatic carbocycles. The van der Waals surface area contributed by atoms with E-state index in [2.05, 4.69) is 5.32 Å². The number of ether oxygens (including phenoxy) is 1. The summed E-state index contributed by atoms with van der Waals surface area (Å²) in [5.74, 6) is 1.87. The molecule has 1 amide bonds. The highest BCUT2D eigenvalue weighted by Crippen LogP contribution is 2.60. The van der Waals surface area contributed by atoms with Gasteiger partial charge in [0.25, 0.3) is 0 Å². The molecule has 4 bridgehead atoms. The molecule has 0 saturated heterocycles. The van der Waals surface area contributed by atoms with E-state index >= 15 is 0 Å². The predicted molar refractivity (Wildman–Crippen MR) is 106 cm³/mol. The summed E-state index contributed by atoms with van der Waals surface area (Å²) in [7, 11) is 0. The van der Waals surface area contributed by atoms with Gasteiger partial charge in [0.05, 0.1) is 0 Å². The summed E-state index contributed by atoms with van der Waals surface area (Å²) in [6, 6.07) is 7.38. The second-order valence-corrected chi connectivity index (χ2v) is 9.73. The molecule has 5 heteroatoms. The third-order valence-corrected chi connectivity index (χ3v) is 7.50.